The van der Waals surface area contributed by atoms with E-state index < -0.39 is 0 Å². The van der Waals surface area contributed by atoms with Gasteiger partial charge in [-0.05, 0) is 82.8 Å². The highest BCUT2D eigenvalue weighted by molar-refractivity contribution is 5.78. The number of rotatable bonds is 7. The molecule has 7 nitrogen and oxygen atoms in total. The number of aliphatic hydroxyl groups excluding tert-OH is 1. The van der Waals surface area contributed by atoms with Gasteiger partial charge in [0.25, 0.3) is 0 Å². The standard InChI is InChI=1S/C24H36N4O3/c1-15(14-31-3)26-24-25-13-23-21(18-6-4-17(5-7-18)16(2)29)12-22(28(23)27-24)19-8-10-20(30)11-9-19/h12-13,15,17-20,30H,4-11,14H2,1-3H3,(H,26,27)/t15-,17?,18?,19?,20?/m0/s1. The Kier molecular flexibility index (Phi) is 6.92. The van der Waals surface area contributed by atoms with Crippen LogP contribution in [0, 0.1) is 5.92 Å². The van der Waals surface area contributed by atoms with E-state index in [1.54, 1.807) is 14.0 Å². The summed E-state index contributed by atoms with van der Waals surface area (Å²) in [5, 5.41) is 18.2. The Hall–Kier alpha value is -1.99. The summed E-state index contributed by atoms with van der Waals surface area (Å²) < 4.78 is 7.32. The summed E-state index contributed by atoms with van der Waals surface area (Å²) in [6.45, 7) is 4.36. The Morgan fingerprint density at radius 2 is 1.87 bits per heavy atom. The summed E-state index contributed by atoms with van der Waals surface area (Å²) in [5.74, 6) is 2.00. The number of aromatic nitrogens is 3. The molecule has 2 aliphatic carbocycles. The first kappa shape index (κ1) is 22.2. The monoisotopic (exact) mass is 428 g/mol. The minimum atomic E-state index is -0.175. The molecule has 0 spiro atoms. The van der Waals surface area contributed by atoms with Crippen LogP contribution in [0.1, 0.15) is 88.3 Å². The van der Waals surface area contributed by atoms with Crippen LogP contribution < -0.4 is 5.32 Å². The summed E-state index contributed by atoms with van der Waals surface area (Å²) in [6, 6.07) is 2.46. The summed E-state index contributed by atoms with van der Waals surface area (Å²) in [6.07, 6.45) is 9.45. The Bertz CT molecular complexity index is 896. The van der Waals surface area contributed by atoms with E-state index in [4.69, 9.17) is 9.84 Å². The first-order valence-electron chi connectivity index (χ1n) is 11.8. The van der Waals surface area contributed by atoms with Crippen LogP contribution in [-0.4, -0.2) is 51.4 Å². The van der Waals surface area contributed by atoms with E-state index in [0.717, 1.165) is 56.9 Å². The van der Waals surface area contributed by atoms with Gasteiger partial charge >= 0.3 is 0 Å². The first-order valence-corrected chi connectivity index (χ1v) is 11.8. The molecule has 7 heteroatoms. The maximum atomic E-state index is 11.8. The fourth-order valence-corrected chi connectivity index (χ4v) is 5.42. The number of aliphatic hydroxyl groups is 1. The van der Waals surface area contributed by atoms with Crippen LogP contribution in [-0.2, 0) is 9.53 Å². The van der Waals surface area contributed by atoms with Crippen molar-refractivity contribution in [1.29, 1.82) is 0 Å². The average Bonchev–Trinajstić information content (AvgIpc) is 3.13. The van der Waals surface area contributed by atoms with Crippen LogP contribution in [0.5, 0.6) is 0 Å². The van der Waals surface area contributed by atoms with Crippen molar-refractivity contribution in [3.8, 4) is 0 Å². The highest BCUT2D eigenvalue weighted by atomic mass is 16.5. The smallest absolute Gasteiger partial charge is 0.241 e. The molecule has 0 amide bonds. The minimum Gasteiger partial charge on any atom is -0.393 e. The zero-order valence-corrected chi connectivity index (χ0v) is 19.0. The Labute approximate surface area is 184 Å². The van der Waals surface area contributed by atoms with Crippen LogP contribution in [0.2, 0.25) is 0 Å². The van der Waals surface area contributed by atoms with E-state index in [2.05, 4.69) is 27.8 Å². The van der Waals surface area contributed by atoms with E-state index >= 15 is 0 Å². The van der Waals surface area contributed by atoms with Crippen LogP contribution in [0.25, 0.3) is 5.52 Å². The number of ether oxygens (including phenoxy) is 1. The van der Waals surface area contributed by atoms with Gasteiger partial charge in [0.1, 0.15) is 5.78 Å². The molecule has 2 saturated carbocycles. The third-order valence-electron chi connectivity index (χ3n) is 7.22. The van der Waals surface area contributed by atoms with Crippen molar-refractivity contribution < 1.29 is 14.6 Å². The SMILES string of the molecule is COC[C@H](C)Nc1ncc2c(C3CCC(C(C)=O)CC3)cc(C3CCC(O)CC3)n2n1. The maximum Gasteiger partial charge on any atom is 0.241 e. The van der Waals surface area contributed by atoms with E-state index in [9.17, 15) is 9.90 Å². The topological polar surface area (TPSA) is 88.8 Å². The van der Waals surface area contributed by atoms with Crippen molar-refractivity contribution in [1.82, 2.24) is 14.6 Å². The number of ketones is 1. The van der Waals surface area contributed by atoms with Crippen LogP contribution in [0.15, 0.2) is 12.3 Å². The molecule has 1 atom stereocenters. The van der Waals surface area contributed by atoms with Gasteiger partial charge in [0.15, 0.2) is 0 Å². The molecule has 0 unspecified atom stereocenters. The minimum absolute atomic E-state index is 0.118. The fourth-order valence-electron chi connectivity index (χ4n) is 5.42. The van der Waals surface area contributed by atoms with Crippen molar-refractivity contribution in [2.45, 2.75) is 89.2 Å². The molecule has 2 aromatic rings. The second-order valence-corrected chi connectivity index (χ2v) is 9.57. The number of Topliss-reactive ketones (excluding diaryl/α,β-unsaturated/α-hetero) is 1. The second kappa shape index (κ2) is 9.65. The number of hydrogen-bond donors (Lipinski definition) is 2. The number of hydrogen-bond acceptors (Lipinski definition) is 6. The van der Waals surface area contributed by atoms with Crippen LogP contribution in [0.4, 0.5) is 5.95 Å². The van der Waals surface area contributed by atoms with Gasteiger partial charge in [0.05, 0.1) is 24.4 Å². The van der Waals surface area contributed by atoms with E-state index in [1.165, 1.54) is 11.3 Å². The second-order valence-electron chi connectivity index (χ2n) is 9.57. The predicted molar refractivity (Wildman–Crippen MR) is 121 cm³/mol. The summed E-state index contributed by atoms with van der Waals surface area (Å²) in [4.78, 5) is 16.4. The van der Waals surface area contributed by atoms with Gasteiger partial charge < -0.3 is 15.2 Å². The number of nitrogens with one attached hydrogen (secondary N) is 1. The van der Waals surface area contributed by atoms with Crippen molar-refractivity contribution in [2.24, 2.45) is 5.92 Å². The number of anilines is 1. The van der Waals surface area contributed by atoms with E-state index in [-0.39, 0.29) is 18.1 Å². The molecular weight excluding hydrogens is 392 g/mol. The molecule has 2 N–H and O–H groups in total. The van der Waals surface area contributed by atoms with Gasteiger partial charge in [-0.15, -0.1) is 5.10 Å². The molecule has 31 heavy (non-hydrogen) atoms. The number of nitrogens with zero attached hydrogens (tertiary/aromatic N) is 3. The average molecular weight is 429 g/mol. The van der Waals surface area contributed by atoms with Crippen molar-refractivity contribution >= 4 is 17.2 Å². The molecule has 0 aromatic carbocycles. The lowest BCUT2D eigenvalue weighted by molar-refractivity contribution is -0.121. The van der Waals surface area contributed by atoms with Crippen molar-refractivity contribution in [3.63, 3.8) is 0 Å². The number of carbonyl (C=O) groups is 1. The quantitative estimate of drug-likeness (QED) is 0.691. The zero-order valence-electron chi connectivity index (χ0n) is 19.0. The van der Waals surface area contributed by atoms with Gasteiger partial charge in [-0.2, -0.15) is 0 Å². The van der Waals surface area contributed by atoms with E-state index in [0.29, 0.717) is 30.2 Å². The summed E-state index contributed by atoms with van der Waals surface area (Å²) >= 11 is 0. The lowest BCUT2D eigenvalue weighted by atomic mass is 9.77. The van der Waals surface area contributed by atoms with Crippen LogP contribution in [0.3, 0.4) is 0 Å². The predicted octanol–water partition coefficient (Wildman–Crippen LogP) is 4.06. The molecule has 0 bridgehead atoms. The maximum absolute atomic E-state index is 11.8. The normalized spacial score (nSPS) is 27.9. The summed E-state index contributed by atoms with van der Waals surface area (Å²) in [7, 11) is 1.69. The van der Waals surface area contributed by atoms with Gasteiger partial charge in [0.2, 0.25) is 5.95 Å². The molecular formula is C24H36N4O3. The van der Waals surface area contributed by atoms with Crippen LogP contribution >= 0.6 is 0 Å². The number of carbonyl (C=O) groups excluding carboxylic acids is 1. The van der Waals surface area contributed by atoms with Gasteiger partial charge in [-0.25, -0.2) is 9.50 Å². The van der Waals surface area contributed by atoms with Gasteiger partial charge in [0, 0.05) is 30.7 Å². The Morgan fingerprint density at radius 1 is 1.19 bits per heavy atom. The summed E-state index contributed by atoms with van der Waals surface area (Å²) in [5.41, 5.74) is 3.63. The zero-order chi connectivity index (χ0) is 22.0. The molecule has 0 radical (unpaired) electrons. The molecule has 4 rings (SSSR count). The van der Waals surface area contributed by atoms with Gasteiger partial charge in [-0.3, -0.25) is 4.79 Å². The Morgan fingerprint density at radius 3 is 2.52 bits per heavy atom. The van der Waals surface area contributed by atoms with E-state index in [1.807, 2.05) is 6.20 Å². The molecule has 2 aromatic heterocycles. The number of fused-ring (bicyclic) bond motifs is 1. The third kappa shape index (κ3) is 4.93. The molecule has 2 fully saturated rings. The van der Waals surface area contributed by atoms with Crippen molar-refractivity contribution in [2.75, 3.05) is 19.0 Å². The largest absolute Gasteiger partial charge is 0.393 e. The Balaban J connectivity index is 1.65. The van der Waals surface area contributed by atoms with Gasteiger partial charge in [-0.1, -0.05) is 0 Å². The molecule has 0 saturated heterocycles. The first-order chi connectivity index (χ1) is 15.0. The van der Waals surface area contributed by atoms with Crippen molar-refractivity contribution in [3.05, 3.63) is 23.5 Å². The molecule has 2 aliphatic rings. The number of methoxy groups -OCH3 is 1. The highest BCUT2D eigenvalue weighted by Crippen LogP contribution is 2.41. The molecule has 0 aliphatic heterocycles. The third-order valence-corrected chi connectivity index (χ3v) is 7.22. The highest BCUT2D eigenvalue weighted by Gasteiger charge is 2.30. The lowest BCUT2D eigenvalue weighted by Crippen LogP contribution is -2.23. The molecule has 170 valence electrons. The molecule has 2 heterocycles. The lowest BCUT2D eigenvalue weighted by Gasteiger charge is -2.27. The fraction of sp³-hybridized carbons (Fsp3) is 0.708.